The first-order chi connectivity index (χ1) is 12.9. The zero-order chi connectivity index (χ0) is 19.2. The molecule has 3 aliphatic carbocycles. The van der Waals surface area contributed by atoms with Crippen LogP contribution in [0.1, 0.15) is 77.7 Å². The summed E-state index contributed by atoms with van der Waals surface area (Å²) in [7, 11) is 0. The van der Waals surface area contributed by atoms with Crippen molar-refractivity contribution in [3.63, 3.8) is 0 Å². The summed E-state index contributed by atoms with van der Waals surface area (Å²) in [5.74, 6) is 2.24. The summed E-state index contributed by atoms with van der Waals surface area (Å²) in [5, 5.41) is 11.8. The molecule has 146 valence electrons. The van der Waals surface area contributed by atoms with E-state index in [1.807, 2.05) is 25.1 Å². The number of allylic oxidation sites excluding steroid dienone is 2. The van der Waals surface area contributed by atoms with Crippen molar-refractivity contribution in [2.45, 2.75) is 77.7 Å². The molecule has 1 aromatic rings. The number of benzene rings is 1. The third-order valence-corrected chi connectivity index (χ3v) is 8.48. The van der Waals surface area contributed by atoms with Gasteiger partial charge in [-0.2, -0.15) is 0 Å². The molecule has 5 atom stereocenters. The summed E-state index contributed by atoms with van der Waals surface area (Å²) in [6.07, 6.45) is 8.08. The lowest BCUT2D eigenvalue weighted by Crippen LogP contribution is -2.53. The van der Waals surface area contributed by atoms with Gasteiger partial charge in [-0.15, -0.1) is 0 Å². The normalized spacial score (nSPS) is 36.0. The van der Waals surface area contributed by atoms with Crippen LogP contribution in [-0.2, 0) is 10.4 Å². The maximum absolute atomic E-state index is 11.9. The lowest BCUT2D eigenvalue weighted by atomic mass is 9.48. The number of hydrogen-bond acceptors (Lipinski definition) is 2. The third-order valence-electron chi connectivity index (χ3n) is 8.48. The SMILES string of the molecule is CC[C@H]1[C@@H]2CCC3=C(CCC(=O)C3)[C@H]2CC[C@]1(C)C(C)(O)c1ccccc1. The van der Waals surface area contributed by atoms with Gasteiger partial charge in [0.15, 0.2) is 0 Å². The van der Waals surface area contributed by atoms with Gasteiger partial charge in [-0.25, -0.2) is 0 Å². The van der Waals surface area contributed by atoms with Crippen molar-refractivity contribution in [3.05, 3.63) is 47.0 Å². The highest BCUT2D eigenvalue weighted by Gasteiger charge is 2.56. The molecule has 3 aliphatic rings. The van der Waals surface area contributed by atoms with Gasteiger partial charge in [-0.1, -0.05) is 61.7 Å². The van der Waals surface area contributed by atoms with E-state index >= 15 is 0 Å². The van der Waals surface area contributed by atoms with Crippen molar-refractivity contribution in [2.75, 3.05) is 0 Å². The molecule has 1 fully saturated rings. The first-order valence-corrected chi connectivity index (χ1v) is 10.9. The van der Waals surface area contributed by atoms with Crippen LogP contribution in [0.4, 0.5) is 0 Å². The van der Waals surface area contributed by atoms with Gasteiger partial charge in [-0.3, -0.25) is 4.79 Å². The van der Waals surface area contributed by atoms with Crippen molar-refractivity contribution < 1.29 is 9.90 Å². The third kappa shape index (κ3) is 2.92. The monoisotopic (exact) mass is 366 g/mol. The Labute approximate surface area is 164 Å². The molecule has 1 N–H and O–H groups in total. The Balaban J connectivity index is 1.68. The number of carbonyl (C=O) groups is 1. The van der Waals surface area contributed by atoms with Gasteiger partial charge in [0, 0.05) is 18.3 Å². The largest absolute Gasteiger partial charge is 0.385 e. The van der Waals surface area contributed by atoms with E-state index in [2.05, 4.69) is 26.0 Å². The lowest BCUT2D eigenvalue weighted by molar-refractivity contribution is -0.146. The molecule has 0 radical (unpaired) electrons. The zero-order valence-corrected chi connectivity index (χ0v) is 17.1. The summed E-state index contributed by atoms with van der Waals surface area (Å²) >= 11 is 0. The predicted octanol–water partition coefficient (Wildman–Crippen LogP) is 5.80. The van der Waals surface area contributed by atoms with Crippen LogP contribution >= 0.6 is 0 Å². The van der Waals surface area contributed by atoms with Gasteiger partial charge in [0.2, 0.25) is 0 Å². The van der Waals surface area contributed by atoms with Crippen LogP contribution in [0.25, 0.3) is 0 Å². The Bertz CT molecular complexity index is 745. The standard InChI is InChI=1S/C25H34O2/c1-4-23-22-12-10-17-16-19(26)11-13-20(17)21(22)14-15-24(23,2)25(3,27)18-8-6-5-7-9-18/h5-9,21-23,27H,4,10-16H2,1-3H3/t21-,22-,23+,24+,25?/m1/s1. The van der Waals surface area contributed by atoms with Crippen LogP contribution < -0.4 is 0 Å². The molecule has 4 rings (SSSR count). The van der Waals surface area contributed by atoms with Gasteiger partial charge >= 0.3 is 0 Å². The summed E-state index contributed by atoms with van der Waals surface area (Å²) in [6.45, 7) is 6.68. The molecule has 2 nitrogen and oxygen atoms in total. The number of Topliss-reactive ketones (excluding diaryl/α,β-unsaturated/α-hetero) is 1. The highest BCUT2D eigenvalue weighted by Crippen LogP contribution is 2.61. The van der Waals surface area contributed by atoms with Gasteiger partial charge in [0.25, 0.3) is 0 Å². The van der Waals surface area contributed by atoms with Crippen LogP contribution in [0.3, 0.4) is 0 Å². The molecule has 0 spiro atoms. The van der Waals surface area contributed by atoms with Crippen molar-refractivity contribution in [3.8, 4) is 0 Å². The smallest absolute Gasteiger partial charge is 0.137 e. The second kappa shape index (κ2) is 6.88. The quantitative estimate of drug-likeness (QED) is 0.687. The average molecular weight is 367 g/mol. The van der Waals surface area contributed by atoms with Crippen LogP contribution in [0.15, 0.2) is 41.5 Å². The van der Waals surface area contributed by atoms with Crippen molar-refractivity contribution in [2.24, 2.45) is 23.2 Å². The van der Waals surface area contributed by atoms with E-state index in [1.54, 1.807) is 5.57 Å². The Morgan fingerprint density at radius 3 is 2.59 bits per heavy atom. The molecule has 1 unspecified atom stereocenters. The number of carbonyl (C=O) groups excluding carboxylic acids is 1. The van der Waals surface area contributed by atoms with E-state index < -0.39 is 5.60 Å². The molecule has 0 aliphatic heterocycles. The van der Waals surface area contributed by atoms with E-state index in [-0.39, 0.29) is 5.41 Å². The van der Waals surface area contributed by atoms with Crippen LogP contribution in [0, 0.1) is 23.2 Å². The number of rotatable bonds is 3. The first kappa shape index (κ1) is 18.9. The van der Waals surface area contributed by atoms with E-state index in [1.165, 1.54) is 12.0 Å². The second-order valence-electron chi connectivity index (χ2n) is 9.56. The van der Waals surface area contributed by atoms with Crippen molar-refractivity contribution >= 4 is 5.78 Å². The molecule has 0 bridgehead atoms. The highest BCUT2D eigenvalue weighted by atomic mass is 16.3. The molecule has 1 aromatic carbocycles. The fourth-order valence-electron chi connectivity index (χ4n) is 6.82. The van der Waals surface area contributed by atoms with E-state index in [0.29, 0.717) is 30.0 Å². The highest BCUT2D eigenvalue weighted by molar-refractivity contribution is 5.82. The number of aliphatic hydroxyl groups is 1. The Kier molecular flexibility index (Phi) is 4.83. The summed E-state index contributed by atoms with van der Waals surface area (Å²) < 4.78 is 0. The van der Waals surface area contributed by atoms with Gasteiger partial charge in [0.1, 0.15) is 5.78 Å². The molecule has 0 aromatic heterocycles. The molecular formula is C25H34O2. The Morgan fingerprint density at radius 2 is 1.89 bits per heavy atom. The molecule has 0 amide bonds. The average Bonchev–Trinajstić information content (AvgIpc) is 2.68. The summed E-state index contributed by atoms with van der Waals surface area (Å²) in [6, 6.07) is 10.3. The molecule has 0 saturated heterocycles. The van der Waals surface area contributed by atoms with Gasteiger partial charge in [-0.05, 0) is 62.3 Å². The summed E-state index contributed by atoms with van der Waals surface area (Å²) in [4.78, 5) is 11.9. The van der Waals surface area contributed by atoms with E-state index in [0.717, 1.165) is 44.1 Å². The zero-order valence-electron chi connectivity index (χ0n) is 17.1. The van der Waals surface area contributed by atoms with E-state index in [9.17, 15) is 9.90 Å². The van der Waals surface area contributed by atoms with Crippen molar-refractivity contribution in [1.82, 2.24) is 0 Å². The molecule has 27 heavy (non-hydrogen) atoms. The second-order valence-corrected chi connectivity index (χ2v) is 9.56. The van der Waals surface area contributed by atoms with Crippen LogP contribution in [0.5, 0.6) is 0 Å². The fourth-order valence-corrected chi connectivity index (χ4v) is 6.82. The summed E-state index contributed by atoms with van der Waals surface area (Å²) in [5.41, 5.74) is 3.21. The number of hydrogen-bond donors (Lipinski definition) is 1. The minimum absolute atomic E-state index is 0.118. The topological polar surface area (TPSA) is 37.3 Å². The lowest BCUT2D eigenvalue weighted by Gasteiger charge is -2.58. The number of fused-ring (bicyclic) bond motifs is 2. The van der Waals surface area contributed by atoms with Crippen molar-refractivity contribution in [1.29, 1.82) is 0 Å². The molecular weight excluding hydrogens is 332 g/mol. The predicted molar refractivity (Wildman–Crippen MR) is 109 cm³/mol. The van der Waals surface area contributed by atoms with Gasteiger partial charge in [0.05, 0.1) is 5.60 Å². The maximum atomic E-state index is 11.9. The minimum Gasteiger partial charge on any atom is -0.385 e. The van der Waals surface area contributed by atoms with Crippen LogP contribution in [-0.4, -0.2) is 10.9 Å². The van der Waals surface area contributed by atoms with Crippen LogP contribution in [0.2, 0.25) is 0 Å². The molecule has 1 saturated carbocycles. The molecule has 2 heteroatoms. The molecule has 0 heterocycles. The first-order valence-electron chi connectivity index (χ1n) is 10.9. The fraction of sp³-hybridized carbons (Fsp3) is 0.640. The minimum atomic E-state index is -0.822. The maximum Gasteiger partial charge on any atom is 0.137 e. The number of ketones is 1. The van der Waals surface area contributed by atoms with E-state index in [4.69, 9.17) is 0 Å². The van der Waals surface area contributed by atoms with Gasteiger partial charge < -0.3 is 5.11 Å². The Morgan fingerprint density at radius 1 is 1.15 bits per heavy atom. The Hall–Kier alpha value is -1.41.